The maximum atomic E-state index is 13.2. The first-order valence-corrected chi connectivity index (χ1v) is 8.28. The fourth-order valence-corrected chi connectivity index (χ4v) is 3.18. The molecule has 0 spiro atoms. The molecule has 0 amide bonds. The van der Waals surface area contributed by atoms with Gasteiger partial charge in [0.25, 0.3) is 0 Å². The Morgan fingerprint density at radius 1 is 0.923 bits per heavy atom. The molecule has 0 saturated heterocycles. The van der Waals surface area contributed by atoms with E-state index in [9.17, 15) is 4.79 Å². The maximum absolute atomic E-state index is 13.2. The predicted molar refractivity (Wildman–Crippen MR) is 96.6 cm³/mol. The van der Waals surface area contributed by atoms with E-state index < -0.39 is 0 Å². The van der Waals surface area contributed by atoms with Crippen molar-refractivity contribution >= 4 is 11.4 Å². The fourth-order valence-electron chi connectivity index (χ4n) is 3.18. The van der Waals surface area contributed by atoms with Crippen molar-refractivity contribution in [2.45, 2.75) is 0 Å². The lowest BCUT2D eigenvalue weighted by Crippen LogP contribution is -2.06. The smallest absolute Gasteiger partial charge is 0.231 e. The summed E-state index contributed by atoms with van der Waals surface area (Å²) >= 11 is 0. The summed E-state index contributed by atoms with van der Waals surface area (Å²) in [6, 6.07) is 20.5. The van der Waals surface area contributed by atoms with Crippen molar-refractivity contribution in [3.05, 3.63) is 84.2 Å². The quantitative estimate of drug-likeness (QED) is 0.529. The molecule has 3 heterocycles. The first-order valence-electron chi connectivity index (χ1n) is 8.28. The molecule has 1 aliphatic heterocycles. The number of carbonyl (C=O) groups excluding carboxylic acids is 1. The second-order valence-corrected chi connectivity index (χ2v) is 6.00. The first kappa shape index (κ1) is 14.7. The number of carbonyl (C=O) groups is 1. The third-order valence-corrected chi connectivity index (χ3v) is 4.43. The molecule has 0 N–H and O–H groups in total. The Morgan fingerprint density at radius 3 is 2.62 bits per heavy atom. The summed E-state index contributed by atoms with van der Waals surface area (Å²) in [7, 11) is 0. The van der Waals surface area contributed by atoms with Crippen LogP contribution in [0.5, 0.6) is 11.5 Å². The van der Waals surface area contributed by atoms with E-state index in [1.165, 1.54) is 0 Å². The van der Waals surface area contributed by atoms with Crippen LogP contribution in [-0.2, 0) is 0 Å². The number of rotatable bonds is 3. The zero-order valence-corrected chi connectivity index (χ0v) is 13.8. The van der Waals surface area contributed by atoms with Crippen LogP contribution in [0.4, 0.5) is 0 Å². The number of hydrogen-bond acceptors (Lipinski definition) is 4. The summed E-state index contributed by atoms with van der Waals surface area (Å²) in [5.74, 6) is 1.29. The van der Waals surface area contributed by atoms with Crippen molar-refractivity contribution in [1.29, 1.82) is 0 Å². The Labute approximate surface area is 149 Å². The number of pyridine rings is 1. The minimum absolute atomic E-state index is 0.0723. The maximum Gasteiger partial charge on any atom is 0.231 e. The van der Waals surface area contributed by atoms with Gasteiger partial charge in [0.05, 0.1) is 0 Å². The number of fused-ring (bicyclic) bond motifs is 2. The van der Waals surface area contributed by atoms with Crippen molar-refractivity contribution in [3.8, 4) is 22.8 Å². The molecular weight excluding hydrogens is 328 g/mol. The molecule has 5 rings (SSSR count). The predicted octanol–water partition coefficient (Wildman–Crippen LogP) is 3.96. The van der Waals surface area contributed by atoms with Crippen LogP contribution in [0, 0.1) is 0 Å². The van der Waals surface area contributed by atoms with Gasteiger partial charge in [0.2, 0.25) is 12.6 Å². The molecule has 5 nitrogen and oxygen atoms in total. The van der Waals surface area contributed by atoms with Crippen molar-refractivity contribution in [3.63, 3.8) is 0 Å². The van der Waals surface area contributed by atoms with Gasteiger partial charge in [-0.2, -0.15) is 0 Å². The second-order valence-electron chi connectivity index (χ2n) is 6.00. The van der Waals surface area contributed by atoms with Crippen LogP contribution in [0.1, 0.15) is 16.1 Å². The fraction of sp³-hybridized carbons (Fsp3) is 0.0476. The summed E-state index contributed by atoms with van der Waals surface area (Å²) in [4.78, 5) is 17.9. The standard InChI is InChI=1S/C21H14N2O3/c24-21(14-6-2-1-3-7-14)20-19(22-18-8-4-5-11-23(18)20)15-9-10-16-17(12-15)26-13-25-16/h1-12H,13H2. The third kappa shape index (κ3) is 2.25. The van der Waals surface area contributed by atoms with Crippen molar-refractivity contribution in [1.82, 2.24) is 9.38 Å². The highest BCUT2D eigenvalue weighted by Gasteiger charge is 2.23. The normalized spacial score (nSPS) is 12.5. The number of ketones is 1. The highest BCUT2D eigenvalue weighted by atomic mass is 16.7. The van der Waals surface area contributed by atoms with E-state index in [-0.39, 0.29) is 12.6 Å². The van der Waals surface area contributed by atoms with E-state index in [4.69, 9.17) is 14.5 Å². The molecule has 0 bridgehead atoms. The topological polar surface area (TPSA) is 52.8 Å². The molecule has 0 fully saturated rings. The number of ether oxygens (including phenoxy) is 2. The Bertz CT molecular complexity index is 1130. The summed E-state index contributed by atoms with van der Waals surface area (Å²) in [6.45, 7) is 0.208. The lowest BCUT2D eigenvalue weighted by molar-refractivity contribution is 0.103. The van der Waals surface area contributed by atoms with Crippen LogP contribution in [0.2, 0.25) is 0 Å². The molecule has 2 aromatic carbocycles. The van der Waals surface area contributed by atoms with Gasteiger partial charge < -0.3 is 9.47 Å². The number of hydrogen-bond donors (Lipinski definition) is 0. The van der Waals surface area contributed by atoms with Crippen LogP contribution >= 0.6 is 0 Å². The number of nitrogens with zero attached hydrogens (tertiary/aromatic N) is 2. The van der Waals surface area contributed by atoms with E-state index in [2.05, 4.69) is 0 Å². The third-order valence-electron chi connectivity index (χ3n) is 4.43. The molecule has 0 saturated carbocycles. The molecule has 0 unspecified atom stereocenters. The summed E-state index contributed by atoms with van der Waals surface area (Å²) in [5, 5.41) is 0. The monoisotopic (exact) mass is 342 g/mol. The van der Waals surface area contributed by atoms with E-state index in [0.717, 1.165) is 11.2 Å². The van der Waals surface area contributed by atoms with Crippen LogP contribution in [0.25, 0.3) is 16.9 Å². The average molecular weight is 342 g/mol. The molecule has 4 aromatic rings. The molecule has 126 valence electrons. The largest absolute Gasteiger partial charge is 0.454 e. The van der Waals surface area contributed by atoms with E-state index in [0.29, 0.717) is 28.5 Å². The van der Waals surface area contributed by atoms with Gasteiger partial charge in [0, 0.05) is 17.3 Å². The van der Waals surface area contributed by atoms with Crippen molar-refractivity contribution < 1.29 is 14.3 Å². The highest BCUT2D eigenvalue weighted by Crippen LogP contribution is 2.37. The summed E-state index contributed by atoms with van der Waals surface area (Å²) in [6.07, 6.45) is 1.86. The van der Waals surface area contributed by atoms with Crippen molar-refractivity contribution in [2.24, 2.45) is 0 Å². The molecule has 0 radical (unpaired) electrons. The Kier molecular flexibility index (Phi) is 3.25. The molecule has 5 heteroatoms. The van der Waals surface area contributed by atoms with Gasteiger partial charge in [0.15, 0.2) is 11.5 Å². The van der Waals surface area contributed by atoms with Crippen molar-refractivity contribution in [2.75, 3.05) is 6.79 Å². The molecule has 2 aromatic heterocycles. The van der Waals surface area contributed by atoms with E-state index in [1.807, 2.05) is 77.3 Å². The van der Waals surface area contributed by atoms with Crippen LogP contribution in [0.15, 0.2) is 72.9 Å². The van der Waals surface area contributed by atoms with E-state index >= 15 is 0 Å². The van der Waals surface area contributed by atoms with Crippen LogP contribution < -0.4 is 9.47 Å². The Hall–Kier alpha value is -3.60. The highest BCUT2D eigenvalue weighted by molar-refractivity contribution is 6.12. The minimum Gasteiger partial charge on any atom is -0.454 e. The van der Waals surface area contributed by atoms with Gasteiger partial charge in [0.1, 0.15) is 17.0 Å². The zero-order valence-electron chi connectivity index (χ0n) is 13.8. The Balaban J connectivity index is 1.74. The van der Waals surface area contributed by atoms with Gasteiger partial charge in [-0.1, -0.05) is 36.4 Å². The minimum atomic E-state index is -0.0723. The summed E-state index contributed by atoms with van der Waals surface area (Å²) in [5.41, 5.74) is 3.32. The zero-order chi connectivity index (χ0) is 17.5. The first-order chi connectivity index (χ1) is 12.8. The van der Waals surface area contributed by atoms with Crippen LogP contribution in [-0.4, -0.2) is 22.0 Å². The lowest BCUT2D eigenvalue weighted by Gasteiger charge is -2.06. The lowest BCUT2D eigenvalue weighted by atomic mass is 10.0. The average Bonchev–Trinajstić information content (AvgIpc) is 3.31. The van der Waals surface area contributed by atoms with Gasteiger partial charge >= 0.3 is 0 Å². The van der Waals surface area contributed by atoms with Gasteiger partial charge in [-0.05, 0) is 30.3 Å². The van der Waals surface area contributed by atoms with E-state index in [1.54, 1.807) is 0 Å². The van der Waals surface area contributed by atoms with Crippen LogP contribution in [0.3, 0.4) is 0 Å². The molecular formula is C21H14N2O3. The molecule has 0 atom stereocenters. The number of benzene rings is 2. The number of imidazole rings is 1. The number of aromatic nitrogens is 2. The second kappa shape index (κ2) is 5.74. The molecule has 26 heavy (non-hydrogen) atoms. The van der Waals surface area contributed by atoms with Gasteiger partial charge in [-0.25, -0.2) is 4.98 Å². The molecule has 0 aliphatic carbocycles. The summed E-state index contributed by atoms with van der Waals surface area (Å²) < 4.78 is 12.7. The van der Waals surface area contributed by atoms with Gasteiger partial charge in [-0.3, -0.25) is 9.20 Å². The van der Waals surface area contributed by atoms with Gasteiger partial charge in [-0.15, -0.1) is 0 Å². The SMILES string of the molecule is O=C(c1ccccc1)c1c(-c2ccc3c(c2)OCO3)nc2ccccn12. The molecule has 1 aliphatic rings. The Morgan fingerprint density at radius 2 is 1.73 bits per heavy atom.